The zero-order chi connectivity index (χ0) is 13.9. The zero-order valence-corrected chi connectivity index (χ0v) is 13.2. The molecule has 0 amide bonds. The molecule has 1 aliphatic rings. The number of hydrogen-bond donors (Lipinski definition) is 2. The lowest BCUT2D eigenvalue weighted by atomic mass is 10.0. The number of aryl methyl sites for hydroxylation is 1. The van der Waals surface area contributed by atoms with Gasteiger partial charge in [-0.1, -0.05) is 0 Å². The van der Waals surface area contributed by atoms with Gasteiger partial charge in [-0.2, -0.15) is 0 Å². The molecule has 2 N–H and O–H groups in total. The van der Waals surface area contributed by atoms with Crippen LogP contribution in [0.2, 0.25) is 0 Å². The standard InChI is InChI=1S/C12H18BrN3O2S/c1-9-6-11(13)7-15-12(9)16-19(17,18)8-10-2-4-14-5-3-10/h6-7,10,14H,2-5,8H2,1H3,(H,15,16). The Bertz CT molecular complexity index is 542. The fourth-order valence-corrected chi connectivity index (χ4v) is 4.19. The van der Waals surface area contributed by atoms with Crippen LogP contribution in [0.3, 0.4) is 0 Å². The van der Waals surface area contributed by atoms with E-state index in [1.165, 1.54) is 0 Å². The Morgan fingerprint density at radius 3 is 2.79 bits per heavy atom. The highest BCUT2D eigenvalue weighted by atomic mass is 79.9. The van der Waals surface area contributed by atoms with Crippen LogP contribution in [0.1, 0.15) is 18.4 Å². The number of halogens is 1. The van der Waals surface area contributed by atoms with Crippen molar-refractivity contribution in [2.75, 3.05) is 23.6 Å². The first-order chi connectivity index (χ1) is 8.96. The van der Waals surface area contributed by atoms with Crippen molar-refractivity contribution in [3.8, 4) is 0 Å². The van der Waals surface area contributed by atoms with Gasteiger partial charge in [-0.15, -0.1) is 0 Å². The zero-order valence-electron chi connectivity index (χ0n) is 10.8. The van der Waals surface area contributed by atoms with E-state index in [0.29, 0.717) is 5.82 Å². The van der Waals surface area contributed by atoms with E-state index >= 15 is 0 Å². The van der Waals surface area contributed by atoms with Crippen molar-refractivity contribution in [2.45, 2.75) is 19.8 Å². The first-order valence-electron chi connectivity index (χ1n) is 6.29. The number of anilines is 1. The number of aromatic nitrogens is 1. The summed E-state index contributed by atoms with van der Waals surface area (Å²) in [7, 11) is -3.33. The van der Waals surface area contributed by atoms with Gasteiger partial charge in [-0.3, -0.25) is 4.72 Å². The van der Waals surface area contributed by atoms with Gasteiger partial charge in [0.1, 0.15) is 5.82 Å². The molecule has 0 spiro atoms. The predicted octanol–water partition coefficient (Wildman–Crippen LogP) is 1.89. The molecule has 7 heteroatoms. The van der Waals surface area contributed by atoms with Crippen molar-refractivity contribution in [3.63, 3.8) is 0 Å². The van der Waals surface area contributed by atoms with Crippen LogP contribution in [0.4, 0.5) is 5.82 Å². The van der Waals surface area contributed by atoms with Crippen LogP contribution in [0, 0.1) is 12.8 Å². The smallest absolute Gasteiger partial charge is 0.234 e. The maximum atomic E-state index is 12.1. The molecule has 0 atom stereocenters. The third-order valence-corrected chi connectivity index (χ3v) is 5.06. The fraction of sp³-hybridized carbons (Fsp3) is 0.583. The van der Waals surface area contributed by atoms with Crippen LogP contribution in [0.5, 0.6) is 0 Å². The predicted molar refractivity (Wildman–Crippen MR) is 79.7 cm³/mol. The number of sulfonamides is 1. The highest BCUT2D eigenvalue weighted by molar-refractivity contribution is 9.10. The van der Waals surface area contributed by atoms with Gasteiger partial charge >= 0.3 is 0 Å². The summed E-state index contributed by atoms with van der Waals surface area (Å²) in [5.41, 5.74) is 0.809. The van der Waals surface area contributed by atoms with Crippen LogP contribution < -0.4 is 10.0 Å². The SMILES string of the molecule is Cc1cc(Br)cnc1NS(=O)(=O)CC1CCNCC1. The molecule has 1 aromatic rings. The van der Waals surface area contributed by atoms with Crippen LogP contribution >= 0.6 is 15.9 Å². The van der Waals surface area contributed by atoms with Crippen molar-refractivity contribution < 1.29 is 8.42 Å². The van der Waals surface area contributed by atoms with Crippen LogP contribution in [0.25, 0.3) is 0 Å². The molecule has 1 aliphatic heterocycles. The molecule has 0 unspecified atom stereocenters. The number of piperidine rings is 1. The molecular formula is C12H18BrN3O2S. The fourth-order valence-electron chi connectivity index (χ4n) is 2.19. The van der Waals surface area contributed by atoms with Crippen molar-refractivity contribution in [3.05, 3.63) is 22.3 Å². The molecule has 0 bridgehead atoms. The summed E-state index contributed by atoms with van der Waals surface area (Å²) in [6.07, 6.45) is 3.41. The highest BCUT2D eigenvalue weighted by Gasteiger charge is 2.21. The second-order valence-electron chi connectivity index (χ2n) is 4.90. The Morgan fingerprint density at radius 2 is 2.16 bits per heavy atom. The minimum atomic E-state index is -3.33. The molecule has 0 radical (unpaired) electrons. The van der Waals surface area contributed by atoms with Gasteiger partial charge in [0.05, 0.1) is 5.75 Å². The van der Waals surface area contributed by atoms with Gasteiger partial charge in [0.15, 0.2) is 0 Å². The molecule has 1 fully saturated rings. The Balaban J connectivity index is 2.03. The summed E-state index contributed by atoms with van der Waals surface area (Å²) in [5.74, 6) is 0.818. The van der Waals surface area contributed by atoms with Gasteiger partial charge in [0.2, 0.25) is 10.0 Å². The Morgan fingerprint density at radius 1 is 1.47 bits per heavy atom. The van der Waals surface area contributed by atoms with E-state index in [9.17, 15) is 8.42 Å². The Hall–Kier alpha value is -0.660. The molecule has 2 heterocycles. The van der Waals surface area contributed by atoms with Crippen LogP contribution in [0.15, 0.2) is 16.7 Å². The van der Waals surface area contributed by atoms with E-state index in [2.05, 4.69) is 31.0 Å². The number of rotatable bonds is 4. The van der Waals surface area contributed by atoms with Crippen molar-refractivity contribution in [1.29, 1.82) is 0 Å². The first-order valence-corrected chi connectivity index (χ1v) is 8.74. The molecule has 19 heavy (non-hydrogen) atoms. The van der Waals surface area contributed by atoms with Gasteiger partial charge in [0, 0.05) is 10.7 Å². The van der Waals surface area contributed by atoms with Gasteiger partial charge in [0.25, 0.3) is 0 Å². The second kappa shape index (κ2) is 6.19. The van der Waals surface area contributed by atoms with E-state index in [1.807, 2.05) is 13.0 Å². The molecular weight excluding hydrogens is 330 g/mol. The van der Waals surface area contributed by atoms with Crippen molar-refractivity contribution in [2.24, 2.45) is 5.92 Å². The largest absolute Gasteiger partial charge is 0.317 e. The molecule has 2 rings (SSSR count). The van der Waals surface area contributed by atoms with Gasteiger partial charge < -0.3 is 5.32 Å². The lowest BCUT2D eigenvalue weighted by Crippen LogP contribution is -2.33. The summed E-state index contributed by atoms with van der Waals surface area (Å²) < 4.78 is 27.7. The molecule has 106 valence electrons. The number of nitrogens with zero attached hydrogens (tertiary/aromatic N) is 1. The summed E-state index contributed by atoms with van der Waals surface area (Å²) in [5, 5.41) is 3.23. The quantitative estimate of drug-likeness (QED) is 0.872. The maximum Gasteiger partial charge on any atom is 0.234 e. The molecule has 0 aliphatic carbocycles. The van der Waals surface area contributed by atoms with E-state index in [4.69, 9.17) is 0 Å². The molecule has 5 nitrogen and oxygen atoms in total. The molecule has 0 aromatic carbocycles. The van der Waals surface area contributed by atoms with E-state index in [1.54, 1.807) is 6.20 Å². The summed E-state index contributed by atoms with van der Waals surface area (Å²) >= 11 is 3.31. The van der Waals surface area contributed by atoms with Crippen molar-refractivity contribution in [1.82, 2.24) is 10.3 Å². The van der Waals surface area contributed by atoms with E-state index < -0.39 is 10.0 Å². The Labute approximate surface area is 122 Å². The summed E-state index contributed by atoms with van der Waals surface area (Å²) in [6.45, 7) is 3.63. The Kier molecular flexibility index (Phi) is 4.81. The topological polar surface area (TPSA) is 71.1 Å². The number of nitrogens with one attached hydrogen (secondary N) is 2. The third kappa shape index (κ3) is 4.43. The number of pyridine rings is 1. The molecule has 0 saturated carbocycles. The monoisotopic (exact) mass is 347 g/mol. The number of hydrogen-bond acceptors (Lipinski definition) is 4. The lowest BCUT2D eigenvalue weighted by molar-refractivity contribution is 0.402. The van der Waals surface area contributed by atoms with Crippen molar-refractivity contribution >= 4 is 31.8 Å². The summed E-state index contributed by atoms with van der Waals surface area (Å²) in [6, 6.07) is 1.84. The van der Waals surface area contributed by atoms with Crippen LogP contribution in [-0.2, 0) is 10.0 Å². The van der Waals surface area contributed by atoms with Gasteiger partial charge in [-0.25, -0.2) is 13.4 Å². The minimum Gasteiger partial charge on any atom is -0.317 e. The third-order valence-electron chi connectivity index (χ3n) is 3.21. The van der Waals surface area contributed by atoms with E-state index in [0.717, 1.165) is 36.0 Å². The normalized spacial score (nSPS) is 17.4. The van der Waals surface area contributed by atoms with Crippen LogP contribution in [-0.4, -0.2) is 32.2 Å². The average molecular weight is 348 g/mol. The van der Waals surface area contributed by atoms with Gasteiger partial charge in [-0.05, 0) is 66.3 Å². The molecule has 1 aromatic heterocycles. The minimum absolute atomic E-state index is 0.172. The summed E-state index contributed by atoms with van der Waals surface area (Å²) in [4.78, 5) is 4.11. The lowest BCUT2D eigenvalue weighted by Gasteiger charge is -2.22. The molecule has 1 saturated heterocycles. The highest BCUT2D eigenvalue weighted by Crippen LogP contribution is 2.20. The second-order valence-corrected chi connectivity index (χ2v) is 7.58. The average Bonchev–Trinajstić information content (AvgIpc) is 2.33. The first kappa shape index (κ1) is 14.7. The van der Waals surface area contributed by atoms with E-state index in [-0.39, 0.29) is 11.7 Å². The maximum absolute atomic E-state index is 12.1.